The smallest absolute Gasteiger partial charge is 0.303 e. The molecule has 0 saturated carbocycles. The first-order valence-corrected chi connectivity index (χ1v) is 8.30. The normalized spacial score (nSPS) is 11.6. The van der Waals surface area contributed by atoms with Crippen molar-refractivity contribution in [2.45, 2.75) is 52.5 Å². The van der Waals surface area contributed by atoms with Crippen LogP contribution in [-0.4, -0.2) is 22.9 Å². The van der Waals surface area contributed by atoms with Crippen molar-refractivity contribution in [2.75, 3.05) is 5.32 Å². The molecule has 0 fully saturated rings. The predicted octanol–water partition coefficient (Wildman–Crippen LogP) is 2.93. The van der Waals surface area contributed by atoms with Crippen molar-refractivity contribution in [1.82, 2.24) is 5.32 Å². The fraction of sp³-hybridized carbons (Fsp3) is 0.500. The van der Waals surface area contributed by atoms with E-state index in [2.05, 4.69) is 10.6 Å². The SMILES string of the molecule is CCC(C)C(=O)Nc1cccc(CNC(=O)CCCCC(=O)O)c1. The summed E-state index contributed by atoms with van der Waals surface area (Å²) in [7, 11) is 0. The number of aliphatic carboxylic acids is 1. The largest absolute Gasteiger partial charge is 0.481 e. The highest BCUT2D eigenvalue weighted by Crippen LogP contribution is 2.13. The fourth-order valence-electron chi connectivity index (χ4n) is 2.06. The van der Waals surface area contributed by atoms with Crippen LogP contribution in [0.25, 0.3) is 0 Å². The molecule has 1 aromatic carbocycles. The molecule has 6 nitrogen and oxygen atoms in total. The van der Waals surface area contributed by atoms with E-state index in [-0.39, 0.29) is 24.2 Å². The van der Waals surface area contributed by atoms with Crippen molar-refractivity contribution in [3.8, 4) is 0 Å². The van der Waals surface area contributed by atoms with Gasteiger partial charge in [0.2, 0.25) is 11.8 Å². The number of amides is 2. The molecule has 0 bridgehead atoms. The minimum Gasteiger partial charge on any atom is -0.481 e. The van der Waals surface area contributed by atoms with Crippen molar-refractivity contribution in [1.29, 1.82) is 0 Å². The maximum Gasteiger partial charge on any atom is 0.303 e. The monoisotopic (exact) mass is 334 g/mol. The van der Waals surface area contributed by atoms with Gasteiger partial charge in [0.15, 0.2) is 0 Å². The van der Waals surface area contributed by atoms with Crippen molar-refractivity contribution in [3.63, 3.8) is 0 Å². The Balaban J connectivity index is 2.40. The number of anilines is 1. The van der Waals surface area contributed by atoms with Gasteiger partial charge in [0.05, 0.1) is 0 Å². The molecule has 0 aromatic heterocycles. The number of carboxylic acid groups (broad SMARTS) is 1. The highest BCUT2D eigenvalue weighted by atomic mass is 16.4. The average molecular weight is 334 g/mol. The third-order valence-corrected chi connectivity index (χ3v) is 3.79. The van der Waals surface area contributed by atoms with E-state index in [1.165, 1.54) is 0 Å². The number of benzene rings is 1. The fourth-order valence-corrected chi connectivity index (χ4v) is 2.06. The van der Waals surface area contributed by atoms with E-state index in [9.17, 15) is 14.4 Å². The summed E-state index contributed by atoms with van der Waals surface area (Å²) in [5.74, 6) is -1.00. The first kappa shape index (κ1) is 19.7. The molecule has 24 heavy (non-hydrogen) atoms. The Kier molecular flexibility index (Phi) is 8.54. The van der Waals surface area contributed by atoms with Crippen LogP contribution in [0.5, 0.6) is 0 Å². The van der Waals surface area contributed by atoms with Crippen LogP contribution in [0.2, 0.25) is 0 Å². The molecule has 0 radical (unpaired) electrons. The number of rotatable bonds is 10. The summed E-state index contributed by atoms with van der Waals surface area (Å²) in [6.45, 7) is 4.22. The molecular weight excluding hydrogens is 308 g/mol. The summed E-state index contributed by atoms with van der Waals surface area (Å²) < 4.78 is 0. The molecule has 0 aliphatic heterocycles. The van der Waals surface area contributed by atoms with Gasteiger partial charge in [0.25, 0.3) is 0 Å². The van der Waals surface area contributed by atoms with E-state index in [1.807, 2.05) is 38.1 Å². The van der Waals surface area contributed by atoms with E-state index in [1.54, 1.807) is 0 Å². The van der Waals surface area contributed by atoms with Crippen LogP contribution in [0.15, 0.2) is 24.3 Å². The molecule has 0 heterocycles. The summed E-state index contributed by atoms with van der Waals surface area (Å²) in [6.07, 6.45) is 2.25. The third kappa shape index (κ3) is 7.76. The minimum atomic E-state index is -0.841. The Morgan fingerprint density at radius 3 is 2.54 bits per heavy atom. The van der Waals surface area contributed by atoms with Gasteiger partial charge in [-0.3, -0.25) is 14.4 Å². The molecular formula is C18H26N2O4. The highest BCUT2D eigenvalue weighted by molar-refractivity contribution is 5.92. The number of unbranched alkanes of at least 4 members (excludes halogenated alkanes) is 1. The molecule has 132 valence electrons. The first-order valence-electron chi connectivity index (χ1n) is 8.30. The summed E-state index contributed by atoms with van der Waals surface area (Å²) in [4.78, 5) is 34.0. The Hall–Kier alpha value is -2.37. The number of hydrogen-bond donors (Lipinski definition) is 3. The van der Waals surface area contributed by atoms with Crippen LogP contribution in [0.4, 0.5) is 5.69 Å². The number of carbonyl (C=O) groups is 3. The van der Waals surface area contributed by atoms with Crippen LogP contribution in [0.3, 0.4) is 0 Å². The van der Waals surface area contributed by atoms with Gasteiger partial charge in [-0.25, -0.2) is 0 Å². The van der Waals surface area contributed by atoms with Crippen LogP contribution in [0.1, 0.15) is 51.5 Å². The van der Waals surface area contributed by atoms with Crippen molar-refractivity contribution < 1.29 is 19.5 Å². The van der Waals surface area contributed by atoms with Crippen LogP contribution in [0, 0.1) is 5.92 Å². The van der Waals surface area contributed by atoms with Crippen LogP contribution >= 0.6 is 0 Å². The average Bonchev–Trinajstić information content (AvgIpc) is 2.56. The lowest BCUT2D eigenvalue weighted by atomic mass is 10.1. The topological polar surface area (TPSA) is 95.5 Å². The summed E-state index contributed by atoms with van der Waals surface area (Å²) in [6, 6.07) is 7.37. The standard InChI is InChI=1S/C18H26N2O4/c1-3-13(2)18(24)20-15-8-6-7-14(11-15)12-19-16(21)9-4-5-10-17(22)23/h6-8,11,13H,3-5,9-10,12H2,1-2H3,(H,19,21)(H,20,24)(H,22,23). The van der Waals surface area contributed by atoms with Gasteiger partial charge >= 0.3 is 5.97 Å². The van der Waals surface area contributed by atoms with E-state index in [0.29, 0.717) is 31.5 Å². The van der Waals surface area contributed by atoms with Gasteiger partial charge in [-0.2, -0.15) is 0 Å². The second kappa shape index (κ2) is 10.4. The van der Waals surface area contributed by atoms with Gasteiger partial charge < -0.3 is 15.7 Å². The predicted molar refractivity (Wildman–Crippen MR) is 92.5 cm³/mol. The molecule has 0 aliphatic carbocycles. The zero-order chi connectivity index (χ0) is 17.9. The Morgan fingerprint density at radius 2 is 1.88 bits per heavy atom. The molecule has 0 spiro atoms. The molecule has 1 rings (SSSR count). The maximum atomic E-state index is 11.9. The quantitative estimate of drug-likeness (QED) is 0.573. The van der Waals surface area contributed by atoms with E-state index in [0.717, 1.165) is 12.0 Å². The number of hydrogen-bond acceptors (Lipinski definition) is 3. The van der Waals surface area contributed by atoms with E-state index < -0.39 is 5.97 Å². The lowest BCUT2D eigenvalue weighted by molar-refractivity contribution is -0.137. The number of nitrogens with one attached hydrogen (secondary N) is 2. The van der Waals surface area contributed by atoms with Gasteiger partial charge in [-0.05, 0) is 37.0 Å². The lowest BCUT2D eigenvalue weighted by Crippen LogP contribution is -2.23. The minimum absolute atomic E-state index is 0.0166. The van der Waals surface area contributed by atoms with Gasteiger partial charge in [-0.15, -0.1) is 0 Å². The Labute approximate surface area is 142 Å². The molecule has 6 heteroatoms. The summed E-state index contributed by atoms with van der Waals surface area (Å²) >= 11 is 0. The van der Waals surface area contributed by atoms with E-state index in [4.69, 9.17) is 5.11 Å². The molecule has 0 aliphatic rings. The first-order chi connectivity index (χ1) is 11.4. The van der Waals surface area contributed by atoms with Gasteiger partial charge in [0.1, 0.15) is 0 Å². The highest BCUT2D eigenvalue weighted by Gasteiger charge is 2.10. The molecule has 1 aromatic rings. The van der Waals surface area contributed by atoms with E-state index >= 15 is 0 Å². The third-order valence-electron chi connectivity index (χ3n) is 3.79. The molecule has 3 N–H and O–H groups in total. The molecule has 2 amide bonds. The summed E-state index contributed by atoms with van der Waals surface area (Å²) in [5.41, 5.74) is 1.62. The van der Waals surface area contributed by atoms with Crippen molar-refractivity contribution in [3.05, 3.63) is 29.8 Å². The lowest BCUT2D eigenvalue weighted by Gasteiger charge is -2.11. The van der Waals surface area contributed by atoms with Crippen molar-refractivity contribution in [2.24, 2.45) is 5.92 Å². The van der Waals surface area contributed by atoms with Gasteiger partial charge in [-0.1, -0.05) is 26.0 Å². The number of carboxylic acids is 1. The summed E-state index contributed by atoms with van der Waals surface area (Å²) in [5, 5.41) is 14.2. The second-order valence-electron chi connectivity index (χ2n) is 5.88. The van der Waals surface area contributed by atoms with Gasteiger partial charge in [0, 0.05) is 31.0 Å². The zero-order valence-corrected chi connectivity index (χ0v) is 14.3. The van der Waals surface area contributed by atoms with Crippen LogP contribution in [-0.2, 0) is 20.9 Å². The second-order valence-corrected chi connectivity index (χ2v) is 5.88. The zero-order valence-electron chi connectivity index (χ0n) is 14.3. The molecule has 0 saturated heterocycles. The molecule has 1 atom stereocenters. The van der Waals surface area contributed by atoms with Crippen molar-refractivity contribution >= 4 is 23.5 Å². The molecule has 1 unspecified atom stereocenters. The van der Waals surface area contributed by atoms with Crippen LogP contribution < -0.4 is 10.6 Å². The maximum absolute atomic E-state index is 11.9. The Morgan fingerprint density at radius 1 is 1.17 bits per heavy atom. The Bertz CT molecular complexity index is 572. The number of carbonyl (C=O) groups excluding carboxylic acids is 2.